The number of aromatic nitrogens is 1. The standard InChI is InChI=1S/C17H19FN2S/c18-14-7-5-13(6-8-14)17-20-15(10-21-17)9-19-16(11-1-2-11)12-3-4-12/h5-8,10-12,16,19H,1-4,9H2. The molecule has 0 amide bonds. The van der Waals surface area contributed by atoms with Crippen molar-refractivity contribution in [3.05, 3.63) is 41.2 Å². The Labute approximate surface area is 128 Å². The molecule has 0 spiro atoms. The van der Waals surface area contributed by atoms with Crippen molar-refractivity contribution in [3.63, 3.8) is 0 Å². The molecule has 2 nitrogen and oxygen atoms in total. The molecule has 0 radical (unpaired) electrons. The van der Waals surface area contributed by atoms with Crippen molar-refractivity contribution < 1.29 is 4.39 Å². The summed E-state index contributed by atoms with van der Waals surface area (Å²) in [6.45, 7) is 0.857. The molecule has 0 saturated heterocycles. The molecule has 0 bridgehead atoms. The van der Waals surface area contributed by atoms with Crippen LogP contribution in [0, 0.1) is 17.7 Å². The summed E-state index contributed by atoms with van der Waals surface area (Å²) in [4.78, 5) is 4.68. The van der Waals surface area contributed by atoms with E-state index in [9.17, 15) is 4.39 Å². The highest BCUT2D eigenvalue weighted by molar-refractivity contribution is 7.13. The van der Waals surface area contributed by atoms with Crippen LogP contribution in [0.25, 0.3) is 10.6 Å². The van der Waals surface area contributed by atoms with Gasteiger partial charge in [0.25, 0.3) is 0 Å². The molecule has 2 aliphatic rings. The topological polar surface area (TPSA) is 24.9 Å². The molecule has 0 atom stereocenters. The summed E-state index contributed by atoms with van der Waals surface area (Å²) < 4.78 is 13.0. The number of hydrogen-bond acceptors (Lipinski definition) is 3. The van der Waals surface area contributed by atoms with Gasteiger partial charge in [0.1, 0.15) is 10.8 Å². The minimum absolute atomic E-state index is 0.200. The lowest BCUT2D eigenvalue weighted by atomic mass is 10.1. The Bertz CT molecular complexity index is 602. The zero-order valence-electron chi connectivity index (χ0n) is 11.9. The van der Waals surface area contributed by atoms with Gasteiger partial charge >= 0.3 is 0 Å². The van der Waals surface area contributed by atoms with Crippen LogP contribution >= 0.6 is 11.3 Å². The van der Waals surface area contributed by atoms with Crippen molar-refractivity contribution in [1.29, 1.82) is 0 Å². The van der Waals surface area contributed by atoms with Gasteiger partial charge in [-0.1, -0.05) is 0 Å². The van der Waals surface area contributed by atoms with E-state index in [0.717, 1.165) is 34.6 Å². The number of hydrogen-bond donors (Lipinski definition) is 1. The average molecular weight is 302 g/mol. The molecular formula is C17H19FN2S. The number of halogens is 1. The second kappa shape index (κ2) is 5.50. The third kappa shape index (κ3) is 3.16. The van der Waals surface area contributed by atoms with Crippen LogP contribution in [-0.4, -0.2) is 11.0 Å². The lowest BCUT2D eigenvalue weighted by Gasteiger charge is -2.16. The Kier molecular flexibility index (Phi) is 3.51. The van der Waals surface area contributed by atoms with Gasteiger partial charge < -0.3 is 5.32 Å². The van der Waals surface area contributed by atoms with Gasteiger partial charge in [0.2, 0.25) is 0 Å². The fraction of sp³-hybridized carbons (Fsp3) is 0.471. The molecule has 0 aliphatic heterocycles. The van der Waals surface area contributed by atoms with Crippen molar-refractivity contribution in [1.82, 2.24) is 10.3 Å². The second-order valence-electron chi connectivity index (χ2n) is 6.23. The van der Waals surface area contributed by atoms with Gasteiger partial charge in [0, 0.05) is 23.5 Å². The minimum atomic E-state index is -0.200. The van der Waals surface area contributed by atoms with Crippen LogP contribution in [0.2, 0.25) is 0 Å². The number of thiazole rings is 1. The van der Waals surface area contributed by atoms with Crippen LogP contribution in [0.4, 0.5) is 4.39 Å². The minimum Gasteiger partial charge on any atom is -0.308 e. The zero-order chi connectivity index (χ0) is 14.2. The first-order valence-corrected chi connectivity index (χ1v) is 8.61. The highest BCUT2D eigenvalue weighted by Gasteiger charge is 2.40. The summed E-state index contributed by atoms with van der Waals surface area (Å²) in [6.07, 6.45) is 5.58. The summed E-state index contributed by atoms with van der Waals surface area (Å²) in [5.74, 6) is 1.62. The molecule has 1 heterocycles. The van der Waals surface area contributed by atoms with Gasteiger partial charge in [-0.15, -0.1) is 11.3 Å². The van der Waals surface area contributed by atoms with E-state index < -0.39 is 0 Å². The first-order valence-electron chi connectivity index (χ1n) is 7.73. The zero-order valence-corrected chi connectivity index (χ0v) is 12.7. The molecule has 2 aromatic rings. The molecule has 1 N–H and O–H groups in total. The van der Waals surface area contributed by atoms with Crippen LogP contribution in [0.15, 0.2) is 29.6 Å². The maximum absolute atomic E-state index is 13.0. The number of nitrogens with one attached hydrogen (secondary N) is 1. The summed E-state index contributed by atoms with van der Waals surface area (Å²) >= 11 is 1.63. The largest absolute Gasteiger partial charge is 0.308 e. The first-order chi connectivity index (χ1) is 10.3. The normalized spacial score (nSPS) is 18.4. The van der Waals surface area contributed by atoms with Crippen molar-refractivity contribution in [2.24, 2.45) is 11.8 Å². The highest BCUT2D eigenvalue weighted by atomic mass is 32.1. The predicted molar refractivity (Wildman–Crippen MR) is 83.6 cm³/mol. The molecule has 4 heteroatoms. The van der Waals surface area contributed by atoms with E-state index in [4.69, 9.17) is 0 Å². The monoisotopic (exact) mass is 302 g/mol. The van der Waals surface area contributed by atoms with Crippen LogP contribution in [0.5, 0.6) is 0 Å². The SMILES string of the molecule is Fc1ccc(-c2nc(CNC(C3CC3)C3CC3)cs2)cc1. The fourth-order valence-corrected chi connectivity index (χ4v) is 3.79. The van der Waals surface area contributed by atoms with E-state index in [1.165, 1.54) is 37.8 Å². The van der Waals surface area contributed by atoms with Crippen molar-refractivity contribution in [3.8, 4) is 10.6 Å². The molecule has 1 aromatic carbocycles. The first kappa shape index (κ1) is 13.4. The van der Waals surface area contributed by atoms with Gasteiger partial charge in [-0.2, -0.15) is 0 Å². The van der Waals surface area contributed by atoms with Gasteiger partial charge in [-0.25, -0.2) is 9.37 Å². The Hall–Kier alpha value is -1.26. The Morgan fingerprint density at radius 1 is 1.14 bits per heavy atom. The number of nitrogens with zero attached hydrogens (tertiary/aromatic N) is 1. The molecule has 0 unspecified atom stereocenters. The highest BCUT2D eigenvalue weighted by Crippen LogP contribution is 2.44. The van der Waals surface area contributed by atoms with Crippen LogP contribution in [0.3, 0.4) is 0 Å². The molecule has 110 valence electrons. The van der Waals surface area contributed by atoms with Gasteiger partial charge in [-0.3, -0.25) is 0 Å². The van der Waals surface area contributed by atoms with Crippen molar-refractivity contribution >= 4 is 11.3 Å². The molecule has 2 fully saturated rings. The van der Waals surface area contributed by atoms with Crippen molar-refractivity contribution in [2.45, 2.75) is 38.3 Å². The van der Waals surface area contributed by atoms with Gasteiger partial charge in [0.05, 0.1) is 5.69 Å². The third-order valence-corrected chi connectivity index (χ3v) is 5.36. The summed E-state index contributed by atoms with van der Waals surface area (Å²) in [5.41, 5.74) is 2.10. The average Bonchev–Trinajstić information content (AvgIpc) is 3.41. The summed E-state index contributed by atoms with van der Waals surface area (Å²) in [7, 11) is 0. The van der Waals surface area contributed by atoms with Gasteiger partial charge in [0.15, 0.2) is 0 Å². The lowest BCUT2D eigenvalue weighted by Crippen LogP contribution is -2.32. The molecule has 4 rings (SSSR count). The molecular weight excluding hydrogens is 283 g/mol. The van der Waals surface area contributed by atoms with E-state index in [-0.39, 0.29) is 5.82 Å². The maximum atomic E-state index is 13.0. The number of rotatable bonds is 6. The maximum Gasteiger partial charge on any atom is 0.123 e. The molecule has 2 saturated carbocycles. The van der Waals surface area contributed by atoms with Crippen LogP contribution in [-0.2, 0) is 6.54 Å². The van der Waals surface area contributed by atoms with E-state index in [0.29, 0.717) is 6.04 Å². The summed E-state index contributed by atoms with van der Waals surface area (Å²) in [5, 5.41) is 6.80. The van der Waals surface area contributed by atoms with E-state index >= 15 is 0 Å². The third-order valence-electron chi connectivity index (χ3n) is 4.42. The number of benzene rings is 1. The summed E-state index contributed by atoms with van der Waals surface area (Å²) in [6, 6.07) is 7.28. The smallest absolute Gasteiger partial charge is 0.123 e. The molecule has 2 aliphatic carbocycles. The quantitative estimate of drug-likeness (QED) is 0.864. The van der Waals surface area contributed by atoms with Crippen LogP contribution in [0.1, 0.15) is 31.4 Å². The Morgan fingerprint density at radius 3 is 2.43 bits per heavy atom. The van der Waals surface area contributed by atoms with Gasteiger partial charge in [-0.05, 0) is 61.8 Å². The molecule has 21 heavy (non-hydrogen) atoms. The van der Waals surface area contributed by atoms with E-state index in [2.05, 4.69) is 15.7 Å². The fourth-order valence-electron chi connectivity index (χ4n) is 2.96. The second-order valence-corrected chi connectivity index (χ2v) is 7.09. The Morgan fingerprint density at radius 2 is 1.81 bits per heavy atom. The Balaban J connectivity index is 1.41. The molecule has 1 aromatic heterocycles. The van der Waals surface area contributed by atoms with Crippen LogP contribution < -0.4 is 5.32 Å². The predicted octanol–water partition coefficient (Wildman–Crippen LogP) is 4.23. The lowest BCUT2D eigenvalue weighted by molar-refractivity contribution is 0.414. The van der Waals surface area contributed by atoms with E-state index in [1.807, 2.05) is 0 Å². The van der Waals surface area contributed by atoms with E-state index in [1.54, 1.807) is 23.5 Å². The van der Waals surface area contributed by atoms with Crippen molar-refractivity contribution in [2.75, 3.05) is 0 Å².